The molecular weight excluding hydrogens is 302 g/mol. The first-order valence-corrected chi connectivity index (χ1v) is 8.58. The van der Waals surface area contributed by atoms with E-state index in [-0.39, 0.29) is 11.9 Å². The molecule has 1 saturated heterocycles. The van der Waals surface area contributed by atoms with Gasteiger partial charge in [0.2, 0.25) is 0 Å². The summed E-state index contributed by atoms with van der Waals surface area (Å²) >= 11 is 0. The van der Waals surface area contributed by atoms with Crippen molar-refractivity contribution in [2.24, 2.45) is 0 Å². The van der Waals surface area contributed by atoms with Gasteiger partial charge < -0.3 is 9.64 Å². The van der Waals surface area contributed by atoms with Crippen LogP contribution in [0.4, 0.5) is 0 Å². The number of hydrogen-bond acceptors (Lipinski definition) is 3. The van der Waals surface area contributed by atoms with Crippen LogP contribution in [0.25, 0.3) is 0 Å². The summed E-state index contributed by atoms with van der Waals surface area (Å²) < 4.78 is 7.72. The van der Waals surface area contributed by atoms with Gasteiger partial charge in [0.05, 0.1) is 25.4 Å². The zero-order valence-corrected chi connectivity index (χ0v) is 14.4. The molecule has 1 fully saturated rings. The summed E-state index contributed by atoms with van der Waals surface area (Å²) in [6.07, 6.45) is 5.52. The Bertz CT molecular complexity index is 668. The third-order valence-electron chi connectivity index (χ3n) is 4.51. The van der Waals surface area contributed by atoms with Gasteiger partial charge in [0.15, 0.2) is 0 Å². The Balaban J connectivity index is 1.56. The van der Waals surface area contributed by atoms with Crippen LogP contribution in [0.1, 0.15) is 30.9 Å². The van der Waals surface area contributed by atoms with E-state index in [9.17, 15) is 4.79 Å². The van der Waals surface area contributed by atoms with Gasteiger partial charge in [0.25, 0.3) is 5.91 Å². The number of likely N-dealkylation sites (tertiary alicyclic amines) is 1. The Morgan fingerprint density at radius 2 is 2.17 bits per heavy atom. The molecule has 5 heteroatoms. The first-order valence-electron chi connectivity index (χ1n) is 8.58. The lowest BCUT2D eigenvalue weighted by molar-refractivity contribution is -0.144. The van der Waals surface area contributed by atoms with Crippen LogP contribution in [0.3, 0.4) is 0 Å². The van der Waals surface area contributed by atoms with E-state index in [0.717, 1.165) is 37.1 Å². The molecule has 1 amide bonds. The maximum absolute atomic E-state index is 12.7. The fraction of sp³-hybridized carbons (Fsp3) is 0.474. The van der Waals surface area contributed by atoms with Crippen molar-refractivity contribution in [3.8, 4) is 0 Å². The lowest BCUT2D eigenvalue weighted by Crippen LogP contribution is -2.43. The van der Waals surface area contributed by atoms with E-state index >= 15 is 0 Å². The summed E-state index contributed by atoms with van der Waals surface area (Å²) in [6, 6.07) is 10.2. The molecule has 2 heterocycles. The Kier molecular flexibility index (Phi) is 5.30. The predicted octanol–water partition coefficient (Wildman–Crippen LogP) is 2.79. The van der Waals surface area contributed by atoms with E-state index in [1.54, 1.807) is 0 Å². The van der Waals surface area contributed by atoms with Crippen LogP contribution in [-0.4, -0.2) is 39.3 Å². The third kappa shape index (κ3) is 4.03. The number of rotatable bonds is 6. The summed E-state index contributed by atoms with van der Waals surface area (Å²) in [7, 11) is 0. The number of benzene rings is 1. The van der Waals surface area contributed by atoms with E-state index in [1.807, 2.05) is 66.2 Å². The maximum Gasteiger partial charge on any atom is 0.251 e. The van der Waals surface area contributed by atoms with E-state index in [4.69, 9.17) is 4.74 Å². The minimum atomic E-state index is -0.426. The fourth-order valence-electron chi connectivity index (χ4n) is 3.20. The molecule has 1 aromatic heterocycles. The number of nitrogens with zero attached hydrogens (tertiary/aromatic N) is 3. The summed E-state index contributed by atoms with van der Waals surface area (Å²) in [5.41, 5.74) is 2.23. The number of aromatic nitrogens is 2. The normalized spacial score (nSPS) is 18.8. The SMILES string of the molecule is Cc1cnn(CC2CCCN2C(=O)C(C)OCc2ccccc2)c1. The van der Waals surface area contributed by atoms with Crippen molar-refractivity contribution in [2.45, 2.75) is 52.0 Å². The monoisotopic (exact) mass is 327 g/mol. The minimum Gasteiger partial charge on any atom is -0.364 e. The van der Waals surface area contributed by atoms with Gasteiger partial charge in [0.1, 0.15) is 6.10 Å². The molecule has 1 aromatic carbocycles. The highest BCUT2D eigenvalue weighted by molar-refractivity contribution is 5.81. The Hall–Kier alpha value is -2.14. The van der Waals surface area contributed by atoms with E-state index in [1.165, 1.54) is 0 Å². The molecule has 3 rings (SSSR count). The van der Waals surface area contributed by atoms with Gasteiger partial charge in [-0.05, 0) is 37.8 Å². The second-order valence-corrected chi connectivity index (χ2v) is 6.51. The molecule has 24 heavy (non-hydrogen) atoms. The average molecular weight is 327 g/mol. The third-order valence-corrected chi connectivity index (χ3v) is 4.51. The molecule has 0 spiro atoms. The van der Waals surface area contributed by atoms with Crippen LogP contribution in [0.5, 0.6) is 0 Å². The zero-order chi connectivity index (χ0) is 16.9. The Morgan fingerprint density at radius 3 is 2.88 bits per heavy atom. The highest BCUT2D eigenvalue weighted by Gasteiger charge is 2.32. The van der Waals surface area contributed by atoms with Crippen LogP contribution in [0.2, 0.25) is 0 Å². The molecule has 5 nitrogen and oxygen atoms in total. The van der Waals surface area contributed by atoms with Crippen molar-refractivity contribution in [1.82, 2.24) is 14.7 Å². The first kappa shape index (κ1) is 16.7. The largest absolute Gasteiger partial charge is 0.364 e. The first-order chi connectivity index (χ1) is 11.6. The van der Waals surface area contributed by atoms with E-state index < -0.39 is 6.10 Å². The molecule has 2 atom stereocenters. The smallest absolute Gasteiger partial charge is 0.251 e. The van der Waals surface area contributed by atoms with Crippen LogP contribution in [-0.2, 0) is 22.7 Å². The van der Waals surface area contributed by atoms with Crippen molar-refractivity contribution < 1.29 is 9.53 Å². The molecule has 2 aromatic rings. The molecule has 1 aliphatic heterocycles. The highest BCUT2D eigenvalue weighted by Crippen LogP contribution is 2.21. The van der Waals surface area contributed by atoms with Gasteiger partial charge in [-0.25, -0.2) is 0 Å². The van der Waals surface area contributed by atoms with Crippen LogP contribution >= 0.6 is 0 Å². The van der Waals surface area contributed by atoms with Gasteiger partial charge in [-0.1, -0.05) is 30.3 Å². The second-order valence-electron chi connectivity index (χ2n) is 6.51. The molecule has 0 saturated carbocycles. The van der Waals surface area contributed by atoms with Crippen LogP contribution in [0, 0.1) is 6.92 Å². The lowest BCUT2D eigenvalue weighted by Gasteiger charge is -2.27. The Labute approximate surface area is 143 Å². The molecule has 0 N–H and O–H groups in total. The number of carbonyl (C=O) groups excluding carboxylic acids is 1. The quantitative estimate of drug-likeness (QED) is 0.820. The van der Waals surface area contributed by atoms with Gasteiger partial charge in [-0.2, -0.15) is 5.10 Å². The molecule has 1 aliphatic rings. The fourth-order valence-corrected chi connectivity index (χ4v) is 3.20. The van der Waals surface area contributed by atoms with Crippen LogP contribution in [0.15, 0.2) is 42.7 Å². The number of amides is 1. The molecular formula is C19H25N3O2. The summed E-state index contributed by atoms with van der Waals surface area (Å²) in [5.74, 6) is 0.0808. The second kappa shape index (κ2) is 7.62. The Morgan fingerprint density at radius 1 is 1.38 bits per heavy atom. The highest BCUT2D eigenvalue weighted by atomic mass is 16.5. The average Bonchev–Trinajstić information content (AvgIpc) is 3.22. The molecule has 0 radical (unpaired) electrons. The van der Waals surface area contributed by atoms with Crippen molar-refractivity contribution in [2.75, 3.05) is 6.54 Å². The molecule has 0 bridgehead atoms. The van der Waals surface area contributed by atoms with Crippen molar-refractivity contribution >= 4 is 5.91 Å². The minimum absolute atomic E-state index is 0.0808. The summed E-state index contributed by atoms with van der Waals surface area (Å²) in [6.45, 7) is 5.90. The molecule has 0 aliphatic carbocycles. The number of aryl methyl sites for hydroxylation is 1. The lowest BCUT2D eigenvalue weighted by atomic mass is 10.2. The van der Waals surface area contributed by atoms with Crippen LogP contribution < -0.4 is 0 Å². The summed E-state index contributed by atoms with van der Waals surface area (Å²) in [5, 5.41) is 4.34. The van der Waals surface area contributed by atoms with E-state index in [2.05, 4.69) is 5.10 Å². The van der Waals surface area contributed by atoms with Crippen molar-refractivity contribution in [1.29, 1.82) is 0 Å². The van der Waals surface area contributed by atoms with Gasteiger partial charge in [-0.15, -0.1) is 0 Å². The number of carbonyl (C=O) groups is 1. The zero-order valence-electron chi connectivity index (χ0n) is 14.4. The predicted molar refractivity (Wildman–Crippen MR) is 92.4 cm³/mol. The van der Waals surface area contributed by atoms with Crippen molar-refractivity contribution in [3.63, 3.8) is 0 Å². The number of ether oxygens (including phenoxy) is 1. The molecule has 128 valence electrons. The summed E-state index contributed by atoms with van der Waals surface area (Å²) in [4.78, 5) is 14.7. The van der Waals surface area contributed by atoms with Crippen molar-refractivity contribution in [3.05, 3.63) is 53.9 Å². The van der Waals surface area contributed by atoms with Gasteiger partial charge >= 0.3 is 0 Å². The van der Waals surface area contributed by atoms with E-state index in [0.29, 0.717) is 6.61 Å². The van der Waals surface area contributed by atoms with Gasteiger partial charge in [0, 0.05) is 12.7 Å². The van der Waals surface area contributed by atoms with Gasteiger partial charge in [-0.3, -0.25) is 9.48 Å². The maximum atomic E-state index is 12.7. The molecule has 2 unspecified atom stereocenters. The topological polar surface area (TPSA) is 47.4 Å². The standard InChI is InChI=1S/C19H25N3O2/c1-15-11-20-21(12-15)13-18-9-6-10-22(18)19(23)16(2)24-14-17-7-4-3-5-8-17/h3-5,7-8,11-12,16,18H,6,9-10,13-14H2,1-2H3. The number of hydrogen-bond donors (Lipinski definition) is 0.